The summed E-state index contributed by atoms with van der Waals surface area (Å²) in [6, 6.07) is 56.8. The second-order valence-electron chi connectivity index (χ2n) is 13.5. The molecule has 13 heteroatoms. The van der Waals surface area contributed by atoms with Crippen molar-refractivity contribution in [2.24, 2.45) is 0 Å². The first-order valence-corrected chi connectivity index (χ1v) is 20.1. The van der Waals surface area contributed by atoms with Crippen molar-refractivity contribution in [2.75, 3.05) is 0 Å². The normalized spacial score (nSPS) is 12.7. The van der Waals surface area contributed by atoms with Crippen LogP contribution in [-0.4, -0.2) is 13.7 Å². The largest absolute Gasteiger partial charge is 0.312 e. The Hall–Kier alpha value is -7.17. The van der Waals surface area contributed by atoms with E-state index in [0.29, 0.717) is 56.8 Å². The molecule has 6 nitrogen and oxygen atoms in total. The number of hydrogen-bond acceptors (Lipinski definition) is 3. The van der Waals surface area contributed by atoms with E-state index in [1.165, 1.54) is 0 Å². The molecule has 0 saturated carbocycles. The van der Waals surface area contributed by atoms with E-state index < -0.39 is 7.81 Å². The maximum absolute atomic E-state index is 15.3. The monoisotopic (exact) mass is 817 g/mol. The Morgan fingerprint density at radius 2 is 0.525 bits per heavy atom. The summed E-state index contributed by atoms with van der Waals surface area (Å²) < 4.78 is 64.2. The first kappa shape index (κ1) is 38.7. The fourth-order valence-electron chi connectivity index (χ4n) is 7.44. The number of aromatic nitrogens is 3. The molecule has 0 bridgehead atoms. The molecular weight excluding hydrogens is 787 g/mol. The molecule has 0 N–H and O–H groups in total. The third-order valence-corrected chi connectivity index (χ3v) is 9.62. The average molecular weight is 818 g/mol. The summed E-state index contributed by atoms with van der Waals surface area (Å²) >= 11 is 0. The standard InChI is InChI=1S/C46H30N3O3.F6P/c50-44-40(34-25-13-4-16-28-37(34)47(44)31-19-7-1-8-20-31)43(41-35-26-14-5-17-29-38(35)48(45(41)51)32-21-9-2-10-22-32)42-36-27-15-6-18-30-39(36)49(46(42)52)33-23-11-3-12-24-33;1-7(2,3,4,5)6/h1-30H;/q+1;-1. The van der Waals surface area contributed by atoms with Crippen LogP contribution in [0.25, 0.3) is 50.8 Å². The van der Waals surface area contributed by atoms with Crippen LogP contribution in [0.15, 0.2) is 196 Å². The molecule has 0 fully saturated rings. The second kappa shape index (κ2) is 14.0. The van der Waals surface area contributed by atoms with Crippen LogP contribution in [0.5, 0.6) is 0 Å². The van der Waals surface area contributed by atoms with Gasteiger partial charge in [-0.1, -0.05) is 109 Å². The van der Waals surface area contributed by atoms with Crippen LogP contribution >= 0.6 is 7.81 Å². The number of halogens is 6. The zero-order chi connectivity index (χ0) is 41.6. The van der Waals surface area contributed by atoms with Gasteiger partial charge in [0.15, 0.2) is 0 Å². The maximum atomic E-state index is 15.3. The van der Waals surface area contributed by atoms with E-state index in [2.05, 4.69) is 0 Å². The Kier molecular flexibility index (Phi) is 9.20. The van der Waals surface area contributed by atoms with Gasteiger partial charge in [-0.15, -0.1) is 0 Å². The first-order valence-electron chi connectivity index (χ1n) is 18.1. The molecule has 3 heterocycles. The van der Waals surface area contributed by atoms with Crippen molar-refractivity contribution in [1.29, 1.82) is 0 Å². The fourth-order valence-corrected chi connectivity index (χ4v) is 7.44. The third-order valence-electron chi connectivity index (χ3n) is 9.62. The first-order chi connectivity index (χ1) is 28.1. The molecule has 0 amide bonds. The Labute approximate surface area is 332 Å². The van der Waals surface area contributed by atoms with Gasteiger partial charge in [0, 0.05) is 0 Å². The third kappa shape index (κ3) is 7.78. The van der Waals surface area contributed by atoms with E-state index in [1.54, 1.807) is 13.7 Å². The van der Waals surface area contributed by atoms with E-state index in [0.717, 1.165) is 0 Å². The van der Waals surface area contributed by atoms with Gasteiger partial charge in [0.25, 0.3) is 0 Å². The quantitative estimate of drug-likeness (QED) is 0.0954. The van der Waals surface area contributed by atoms with Crippen LogP contribution in [-0.2, 0) is 0 Å². The minimum atomic E-state index is -10.7. The van der Waals surface area contributed by atoms with E-state index in [4.69, 9.17) is 0 Å². The summed E-state index contributed by atoms with van der Waals surface area (Å²) in [7, 11) is -10.7. The van der Waals surface area contributed by atoms with Gasteiger partial charge < -0.3 is 0 Å². The van der Waals surface area contributed by atoms with E-state index >= 15 is 14.4 Å². The van der Waals surface area contributed by atoms with Crippen molar-refractivity contribution < 1.29 is 25.2 Å². The van der Waals surface area contributed by atoms with Crippen LogP contribution in [0, 0.1) is 5.92 Å². The van der Waals surface area contributed by atoms with Crippen molar-refractivity contribution in [2.45, 2.75) is 0 Å². The van der Waals surface area contributed by atoms with Crippen molar-refractivity contribution in [1.82, 2.24) is 13.7 Å². The van der Waals surface area contributed by atoms with Gasteiger partial charge >= 0.3 is 49.7 Å². The Morgan fingerprint density at radius 1 is 0.322 bits per heavy atom. The van der Waals surface area contributed by atoms with Gasteiger partial charge in [-0.25, -0.2) is 28.1 Å². The van der Waals surface area contributed by atoms with Gasteiger partial charge in [0.1, 0.15) is 16.7 Å². The molecule has 0 unspecified atom stereocenters. The Balaban J connectivity index is 0.000000637. The van der Waals surface area contributed by atoms with Gasteiger partial charge in [0.2, 0.25) is 0 Å². The van der Waals surface area contributed by atoms with E-state index in [-0.39, 0.29) is 33.4 Å². The molecule has 0 radical (unpaired) electrons. The van der Waals surface area contributed by atoms with Crippen LogP contribution in [0.3, 0.4) is 0 Å². The zero-order valence-corrected chi connectivity index (χ0v) is 31.5. The number of nitrogens with zero attached hydrogens (tertiary/aromatic N) is 3. The SMILES string of the molecule is F[P-](F)(F)(F)(F)F.O=c1c([C+](c2c3cccccc-3n(-c3ccccc3)c2=O)c2c3cccccc-3n(-c3ccccc3)c2=O)c2cccccc-2n1-c1ccccc1. The molecule has 294 valence electrons. The topological polar surface area (TPSA) is 66.0 Å². The number of hydrogen-bond donors (Lipinski definition) is 0. The minimum absolute atomic E-state index is 0.279. The molecule has 3 aliphatic carbocycles. The average Bonchev–Trinajstić information content (AvgIpc) is 3.42. The predicted octanol–water partition coefficient (Wildman–Crippen LogP) is 11.9. The maximum Gasteiger partial charge on any atom is 0.312 e. The van der Waals surface area contributed by atoms with Gasteiger partial charge in [-0.3, -0.25) is 0 Å². The Bertz CT molecular complexity index is 2740. The summed E-state index contributed by atoms with van der Waals surface area (Å²) in [6.45, 7) is 0. The number of para-hydroxylation sites is 3. The zero-order valence-electron chi connectivity index (χ0n) is 30.6. The van der Waals surface area contributed by atoms with Crippen LogP contribution < -0.4 is 16.7 Å². The smallest absolute Gasteiger partial charge is 0.248 e. The molecule has 3 aromatic carbocycles. The van der Waals surface area contributed by atoms with Crippen LogP contribution in [0.2, 0.25) is 0 Å². The molecule has 0 saturated heterocycles. The minimum Gasteiger partial charge on any atom is -0.248 e. The molecule has 9 rings (SSSR count). The molecule has 6 aliphatic rings. The number of benzene rings is 3. The predicted molar refractivity (Wildman–Crippen MR) is 220 cm³/mol. The summed E-state index contributed by atoms with van der Waals surface area (Å²) in [5.41, 5.74) is 5.70. The molecule has 3 aliphatic heterocycles. The van der Waals surface area contributed by atoms with Crippen LogP contribution in [0.1, 0.15) is 16.7 Å². The Morgan fingerprint density at radius 3 is 0.763 bits per heavy atom. The molecule has 59 heavy (non-hydrogen) atoms. The fraction of sp³-hybridized carbons (Fsp3) is 0. The number of fused-ring (bicyclic) bond motifs is 3. The van der Waals surface area contributed by atoms with Crippen LogP contribution in [0.4, 0.5) is 25.2 Å². The van der Waals surface area contributed by atoms with Gasteiger partial charge in [0.05, 0.1) is 56.8 Å². The summed E-state index contributed by atoms with van der Waals surface area (Å²) in [4.78, 5) is 45.8. The van der Waals surface area contributed by atoms with Crippen molar-refractivity contribution >= 4 is 7.81 Å². The van der Waals surface area contributed by atoms with Gasteiger partial charge in [-0.2, -0.15) is 0 Å². The summed E-state index contributed by atoms with van der Waals surface area (Å²) in [6.07, 6.45) is 0. The van der Waals surface area contributed by atoms with E-state index in [1.807, 2.05) is 182 Å². The van der Waals surface area contributed by atoms with E-state index in [9.17, 15) is 25.2 Å². The molecule has 0 atom stereocenters. The summed E-state index contributed by atoms with van der Waals surface area (Å²) in [5.74, 6) is 0.294. The molecular formula is C46H30F6N3O3P. The van der Waals surface area contributed by atoms with Gasteiger partial charge in [-0.05, 0) is 72.8 Å². The second-order valence-corrected chi connectivity index (χ2v) is 15.4. The molecule has 0 spiro atoms. The van der Waals surface area contributed by atoms with Crippen molar-refractivity contribution in [3.05, 3.63) is 236 Å². The number of rotatable bonds is 6. The summed E-state index contributed by atoms with van der Waals surface area (Å²) in [5, 5.41) is 0. The van der Waals surface area contributed by atoms with Crippen molar-refractivity contribution in [3.8, 4) is 50.8 Å². The molecule has 0 aromatic heterocycles. The van der Waals surface area contributed by atoms with Crippen molar-refractivity contribution in [3.63, 3.8) is 0 Å². The molecule has 3 aromatic rings.